The number of nitro benzene ring substituents is 1. The number of esters is 1. The Balaban J connectivity index is 1.53. The van der Waals surface area contributed by atoms with E-state index in [2.05, 4.69) is 4.90 Å². The molecule has 0 atom stereocenters. The average molecular weight is 474 g/mol. The number of amides is 1. The van der Waals surface area contributed by atoms with Gasteiger partial charge in [0.2, 0.25) is 0 Å². The lowest BCUT2D eigenvalue weighted by atomic mass is 10.2. The van der Waals surface area contributed by atoms with Gasteiger partial charge in [-0.25, -0.2) is 0 Å². The van der Waals surface area contributed by atoms with Crippen molar-refractivity contribution < 1.29 is 24.0 Å². The maximum absolute atomic E-state index is 13.2. The fraction of sp³-hybridized carbons (Fsp3) is 0.391. The minimum Gasteiger partial charge on any atom is -0.463 e. The number of nitrogens with zero attached hydrogens (tertiary/aromatic N) is 3. The Morgan fingerprint density at radius 3 is 2.33 bits per heavy atom. The first-order chi connectivity index (χ1) is 16.0. The molecule has 1 fully saturated rings. The number of nitro groups is 1. The van der Waals surface area contributed by atoms with Crippen molar-refractivity contribution in [3.63, 3.8) is 0 Å². The van der Waals surface area contributed by atoms with Crippen molar-refractivity contribution in [2.75, 3.05) is 52.5 Å². The Bertz CT molecular complexity index is 978. The number of rotatable bonds is 10. The summed E-state index contributed by atoms with van der Waals surface area (Å²) in [7, 11) is 0. The predicted octanol–water partition coefficient (Wildman–Crippen LogP) is 3.08. The van der Waals surface area contributed by atoms with E-state index in [9.17, 15) is 19.7 Å². The van der Waals surface area contributed by atoms with Crippen LogP contribution in [0.2, 0.25) is 0 Å². The topological polar surface area (TPSA) is 102 Å². The van der Waals surface area contributed by atoms with Crippen molar-refractivity contribution in [2.24, 2.45) is 0 Å². The summed E-state index contributed by atoms with van der Waals surface area (Å²) in [5.41, 5.74) is 0.566. The van der Waals surface area contributed by atoms with E-state index in [0.29, 0.717) is 41.7 Å². The summed E-state index contributed by atoms with van der Waals surface area (Å²) in [6.07, 6.45) is 0. The predicted molar refractivity (Wildman–Crippen MR) is 123 cm³/mol. The molecule has 1 amide bonds. The zero-order valence-corrected chi connectivity index (χ0v) is 19.3. The number of benzene rings is 2. The van der Waals surface area contributed by atoms with Crippen molar-refractivity contribution in [1.82, 2.24) is 9.80 Å². The maximum atomic E-state index is 13.2. The first kappa shape index (κ1) is 24.7. The summed E-state index contributed by atoms with van der Waals surface area (Å²) in [5.74, 6) is -0.393. The number of para-hydroxylation sites is 1. The third-order valence-electron chi connectivity index (χ3n) is 5.14. The van der Waals surface area contributed by atoms with Crippen molar-refractivity contribution in [3.05, 3.63) is 64.2 Å². The van der Waals surface area contributed by atoms with Gasteiger partial charge in [0, 0.05) is 50.6 Å². The summed E-state index contributed by atoms with van der Waals surface area (Å²) < 4.78 is 10.3. The molecule has 0 spiro atoms. The van der Waals surface area contributed by atoms with Gasteiger partial charge in [0.25, 0.3) is 11.6 Å². The summed E-state index contributed by atoms with van der Waals surface area (Å²) >= 11 is 1.23. The molecule has 1 aliphatic heterocycles. The van der Waals surface area contributed by atoms with Gasteiger partial charge in [-0.1, -0.05) is 36.0 Å². The van der Waals surface area contributed by atoms with E-state index in [1.54, 1.807) is 30.3 Å². The number of carbonyl (C=O) groups is 2. The quantitative estimate of drug-likeness (QED) is 0.225. The molecule has 0 aromatic heterocycles. The number of carbonyl (C=O) groups excluding carboxylic acids is 2. The van der Waals surface area contributed by atoms with Gasteiger partial charge in [-0.3, -0.25) is 24.6 Å². The number of ether oxygens (including phenoxy) is 2. The molecular formula is C23H27N3O6S. The van der Waals surface area contributed by atoms with Gasteiger partial charge in [-0.15, -0.1) is 0 Å². The fourth-order valence-electron chi connectivity index (χ4n) is 3.43. The highest BCUT2D eigenvalue weighted by molar-refractivity contribution is 7.99. The van der Waals surface area contributed by atoms with Crippen molar-refractivity contribution >= 4 is 29.3 Å². The second-order valence-electron chi connectivity index (χ2n) is 7.41. The molecule has 10 heteroatoms. The van der Waals surface area contributed by atoms with Gasteiger partial charge in [0.15, 0.2) is 0 Å². The first-order valence-electron chi connectivity index (χ1n) is 10.7. The molecule has 33 heavy (non-hydrogen) atoms. The molecule has 0 unspecified atom stereocenters. The third-order valence-corrected chi connectivity index (χ3v) is 6.28. The summed E-state index contributed by atoms with van der Waals surface area (Å²) in [6.45, 7) is 5.91. The number of hydrogen-bond acceptors (Lipinski definition) is 8. The van der Waals surface area contributed by atoms with E-state index < -0.39 is 4.92 Å². The van der Waals surface area contributed by atoms with Crippen LogP contribution in [0, 0.1) is 10.1 Å². The Morgan fingerprint density at radius 2 is 1.64 bits per heavy atom. The van der Waals surface area contributed by atoms with Crippen LogP contribution >= 0.6 is 11.8 Å². The van der Waals surface area contributed by atoms with Gasteiger partial charge < -0.3 is 14.4 Å². The van der Waals surface area contributed by atoms with Crippen LogP contribution in [0.5, 0.6) is 0 Å². The largest absolute Gasteiger partial charge is 0.463 e. The molecule has 0 aliphatic carbocycles. The highest BCUT2D eigenvalue weighted by atomic mass is 32.2. The number of piperazine rings is 1. The second-order valence-corrected chi connectivity index (χ2v) is 8.49. The lowest BCUT2D eigenvalue weighted by Crippen LogP contribution is -2.49. The normalized spacial score (nSPS) is 14.2. The van der Waals surface area contributed by atoms with Crippen molar-refractivity contribution in [3.8, 4) is 0 Å². The lowest BCUT2D eigenvalue weighted by Gasteiger charge is -2.35. The lowest BCUT2D eigenvalue weighted by molar-refractivity contribution is -0.387. The standard InChI is InChI=1S/C23H27N3O6S/c1-18(27)32-17-16-31-15-14-24-10-12-25(13-11-24)23(28)19-6-2-4-8-21(19)33-22-9-5-3-7-20(22)26(29)30/h2-9H,10-17H2,1H3. The zero-order valence-electron chi connectivity index (χ0n) is 18.5. The van der Waals surface area contributed by atoms with Crippen LogP contribution in [0.25, 0.3) is 0 Å². The van der Waals surface area contributed by atoms with Crippen LogP contribution in [0.1, 0.15) is 17.3 Å². The third kappa shape index (κ3) is 7.28. The van der Waals surface area contributed by atoms with E-state index in [1.807, 2.05) is 17.0 Å². The molecule has 2 aromatic rings. The van der Waals surface area contributed by atoms with Crippen molar-refractivity contribution in [2.45, 2.75) is 16.7 Å². The summed E-state index contributed by atoms with van der Waals surface area (Å²) in [6, 6.07) is 13.8. The molecule has 9 nitrogen and oxygen atoms in total. The Kier molecular flexibility index (Phi) is 9.23. The van der Waals surface area contributed by atoms with Gasteiger partial charge >= 0.3 is 5.97 Å². The van der Waals surface area contributed by atoms with Gasteiger partial charge in [-0.05, 0) is 18.2 Å². The Labute approximate surface area is 196 Å². The zero-order chi connectivity index (χ0) is 23.6. The molecule has 1 saturated heterocycles. The highest BCUT2D eigenvalue weighted by Crippen LogP contribution is 2.36. The molecule has 0 bridgehead atoms. The highest BCUT2D eigenvalue weighted by Gasteiger charge is 2.24. The molecule has 0 radical (unpaired) electrons. The smallest absolute Gasteiger partial charge is 0.302 e. The molecule has 3 rings (SSSR count). The van der Waals surface area contributed by atoms with Gasteiger partial charge in [0.1, 0.15) is 6.61 Å². The molecule has 0 N–H and O–H groups in total. The Hall–Kier alpha value is -2.95. The van der Waals surface area contributed by atoms with Crippen LogP contribution in [0.3, 0.4) is 0 Å². The van der Waals surface area contributed by atoms with Gasteiger partial charge in [0.05, 0.1) is 28.6 Å². The van der Waals surface area contributed by atoms with E-state index in [-0.39, 0.29) is 24.2 Å². The van der Waals surface area contributed by atoms with E-state index in [4.69, 9.17) is 9.47 Å². The molecule has 1 aliphatic rings. The van der Waals surface area contributed by atoms with E-state index >= 15 is 0 Å². The van der Waals surface area contributed by atoms with Crippen LogP contribution in [-0.4, -0.2) is 79.1 Å². The minimum absolute atomic E-state index is 0.0217. The molecule has 2 aromatic carbocycles. The second kappa shape index (κ2) is 12.3. The van der Waals surface area contributed by atoms with Gasteiger partial charge in [-0.2, -0.15) is 0 Å². The van der Waals surface area contributed by atoms with Crippen molar-refractivity contribution in [1.29, 1.82) is 0 Å². The van der Waals surface area contributed by atoms with E-state index in [1.165, 1.54) is 24.8 Å². The summed E-state index contributed by atoms with van der Waals surface area (Å²) in [4.78, 5) is 40.1. The molecule has 176 valence electrons. The van der Waals surface area contributed by atoms with E-state index in [0.717, 1.165) is 19.6 Å². The SMILES string of the molecule is CC(=O)OCCOCCN1CCN(C(=O)c2ccccc2Sc2ccccc2[N+](=O)[O-])CC1. The minimum atomic E-state index is -0.411. The van der Waals surface area contributed by atoms with Crippen LogP contribution in [0.15, 0.2) is 58.3 Å². The van der Waals surface area contributed by atoms with Crippen LogP contribution in [0.4, 0.5) is 5.69 Å². The molecule has 1 heterocycles. The molecular weight excluding hydrogens is 446 g/mol. The van der Waals surface area contributed by atoms with Crippen LogP contribution in [-0.2, 0) is 14.3 Å². The van der Waals surface area contributed by atoms with Crippen LogP contribution < -0.4 is 0 Å². The first-order valence-corrected chi connectivity index (χ1v) is 11.5. The molecule has 0 saturated carbocycles. The Morgan fingerprint density at radius 1 is 0.970 bits per heavy atom. The average Bonchev–Trinajstić information content (AvgIpc) is 2.81. The maximum Gasteiger partial charge on any atom is 0.302 e. The fourth-order valence-corrected chi connectivity index (χ4v) is 4.47. The summed E-state index contributed by atoms with van der Waals surface area (Å²) in [5, 5.41) is 11.3. The monoisotopic (exact) mass is 473 g/mol. The number of hydrogen-bond donors (Lipinski definition) is 0.